The van der Waals surface area contributed by atoms with E-state index in [9.17, 15) is 0 Å². The largest absolute Gasteiger partial charge is 0.455 e. The van der Waals surface area contributed by atoms with Crippen molar-refractivity contribution < 1.29 is 13.3 Å². The first kappa shape index (κ1) is 53.2. The van der Waals surface area contributed by atoms with Crippen molar-refractivity contribution >= 4 is 149 Å². The van der Waals surface area contributed by atoms with Gasteiger partial charge in [-0.3, -0.25) is 9.13 Å². The van der Waals surface area contributed by atoms with Gasteiger partial charge in [-0.1, -0.05) is 158 Å². The van der Waals surface area contributed by atoms with E-state index < -0.39 is 0 Å². The number of para-hydroxylation sites is 7. The van der Waals surface area contributed by atoms with Gasteiger partial charge in [0.1, 0.15) is 46.0 Å². The summed E-state index contributed by atoms with van der Waals surface area (Å²) >= 11 is 0. The lowest BCUT2D eigenvalue weighted by molar-refractivity contribution is 0.662. The summed E-state index contributed by atoms with van der Waals surface area (Å²) < 4.78 is 26.7. The van der Waals surface area contributed by atoms with E-state index in [-0.39, 0.29) is 0 Å². The lowest BCUT2D eigenvalue weighted by Crippen LogP contribution is -2.09. The van der Waals surface area contributed by atoms with Gasteiger partial charge in [0.05, 0.1) is 33.1 Å². The molecule has 0 atom stereocenters. The van der Waals surface area contributed by atoms with Crippen LogP contribution in [0.4, 0.5) is 17.1 Å². The van der Waals surface area contributed by atoms with E-state index in [1.54, 1.807) is 12.7 Å². The molecule has 21 rings (SSSR count). The third kappa shape index (κ3) is 7.97. The molecule has 0 aliphatic rings. The normalized spacial score (nSPS) is 12.1. The monoisotopic (exact) mass is 1240 g/mol. The van der Waals surface area contributed by atoms with Crippen LogP contribution in [-0.2, 0) is 0 Å². The van der Waals surface area contributed by atoms with Crippen LogP contribution in [0.15, 0.2) is 317 Å². The lowest BCUT2D eigenvalue weighted by Gasteiger charge is -2.26. The first-order valence-corrected chi connectivity index (χ1v) is 32.5. The van der Waals surface area contributed by atoms with E-state index in [1.807, 2.05) is 48.5 Å². The molecule has 0 saturated heterocycles. The van der Waals surface area contributed by atoms with Crippen LogP contribution in [-0.4, -0.2) is 33.6 Å². The Labute approximate surface area is 551 Å². The van der Waals surface area contributed by atoms with Crippen molar-refractivity contribution in [3.05, 3.63) is 304 Å². The van der Waals surface area contributed by atoms with E-state index in [1.165, 1.54) is 10.8 Å². The molecular weight excluding hydrogens is 1190 g/mol. The summed E-state index contributed by atoms with van der Waals surface area (Å²) in [5, 5.41) is 10.9. The van der Waals surface area contributed by atoms with Crippen molar-refractivity contribution in [1.29, 1.82) is 0 Å². The molecule has 0 fully saturated rings. The fourth-order valence-electron chi connectivity index (χ4n) is 15.3. The van der Waals surface area contributed by atoms with Gasteiger partial charge in [0.15, 0.2) is 22.8 Å². The van der Waals surface area contributed by atoms with Crippen molar-refractivity contribution in [2.75, 3.05) is 4.90 Å². The van der Waals surface area contributed by atoms with Crippen molar-refractivity contribution in [1.82, 2.24) is 33.6 Å². The van der Waals surface area contributed by atoms with E-state index in [2.05, 4.69) is 271 Å². The number of aromatic nitrogens is 7. The Morgan fingerprint density at radius 2 is 0.670 bits per heavy atom. The van der Waals surface area contributed by atoms with Crippen molar-refractivity contribution in [2.24, 2.45) is 0 Å². The van der Waals surface area contributed by atoms with Gasteiger partial charge in [0.25, 0.3) is 0 Å². The van der Waals surface area contributed by atoms with Crippen LogP contribution >= 0.6 is 0 Å². The molecule has 0 saturated carbocycles. The Bertz CT molecular complexity index is 6850. The number of furan rings is 3. The van der Waals surface area contributed by atoms with E-state index >= 15 is 0 Å². The first-order valence-electron chi connectivity index (χ1n) is 32.5. The van der Waals surface area contributed by atoms with E-state index in [0.29, 0.717) is 17.0 Å². The maximum absolute atomic E-state index is 6.90. The molecule has 11 heteroatoms. The van der Waals surface area contributed by atoms with Gasteiger partial charge in [-0.05, 0) is 161 Å². The first-order chi connectivity index (χ1) is 48.1. The van der Waals surface area contributed by atoms with Crippen LogP contribution in [0.25, 0.3) is 182 Å². The molecule has 0 aliphatic carbocycles. The minimum atomic E-state index is 0.657. The maximum Gasteiger partial charge on any atom is 0.197 e. The number of fused-ring (bicyclic) bond motifs is 18. The van der Waals surface area contributed by atoms with Crippen molar-refractivity contribution in [3.63, 3.8) is 0 Å². The minimum Gasteiger partial charge on any atom is -0.455 e. The third-order valence-corrected chi connectivity index (χ3v) is 19.7. The molecule has 0 radical (unpaired) electrons. The highest BCUT2D eigenvalue weighted by atomic mass is 16.3. The molecule has 97 heavy (non-hydrogen) atoms. The minimum absolute atomic E-state index is 0.657. The van der Waals surface area contributed by atoms with Gasteiger partial charge in [0, 0.05) is 82.2 Å². The number of hydrogen-bond donors (Lipinski definition) is 0. The smallest absolute Gasteiger partial charge is 0.197 e. The number of benzene rings is 13. The van der Waals surface area contributed by atoms with Crippen LogP contribution in [0.3, 0.4) is 0 Å². The zero-order valence-electron chi connectivity index (χ0n) is 51.7. The SMILES string of the molecule is c1ccc(N(c2cccc(-c3ccc4c(c3)c3ccccc3n4-c3ncnc4c3oc3ccccc34)c2)c2ccc3oc4c(-c5ccc(-n6c7ccccc7c7cc(-c8ccc9c(c8)c8ccccc8n9-c8ncnc9c8oc8ccccc89)ccc76)cc5)cccc4c3c2)cc1. The van der Waals surface area contributed by atoms with Crippen LogP contribution in [0.1, 0.15) is 0 Å². The summed E-state index contributed by atoms with van der Waals surface area (Å²) in [7, 11) is 0. The summed E-state index contributed by atoms with van der Waals surface area (Å²) in [5.74, 6) is 1.43. The standard InChI is InChI=1S/C86H50N8O3/c1-2-17-56(18-3-1)91(58-19-14-16-52(44-58)53-35-41-75-68(45-53)62-21-5-10-28-72(62)93(75)85-83-80(87-49-89-85)65-23-7-12-30-77(65)96-83)59-39-43-79-70(48-59)64-26-15-25-60(82(64)95-79)51-32-37-57(38-33-51)92-71-27-9-4-20-61(71)67-46-54(34-40-74(67)92)55-36-42-76-69(47-55)63-22-6-11-29-73(63)94(76)86-84-81(88-50-90-86)66-24-8-13-31-78(66)97-84/h1-50H. The molecule has 0 aliphatic heterocycles. The molecule has 0 spiro atoms. The average molecular weight is 1240 g/mol. The number of anilines is 3. The van der Waals surface area contributed by atoms with Crippen molar-refractivity contribution in [3.8, 4) is 50.7 Å². The summed E-state index contributed by atoms with van der Waals surface area (Å²) in [6.45, 7) is 0. The second-order valence-electron chi connectivity index (χ2n) is 24.9. The van der Waals surface area contributed by atoms with E-state index in [0.717, 1.165) is 172 Å². The maximum atomic E-state index is 6.90. The fraction of sp³-hybridized carbons (Fsp3) is 0. The van der Waals surface area contributed by atoms with Gasteiger partial charge in [-0.2, -0.15) is 0 Å². The fourth-order valence-corrected chi connectivity index (χ4v) is 15.3. The number of nitrogens with zero attached hydrogens (tertiary/aromatic N) is 8. The average Bonchev–Trinajstić information content (AvgIpc) is 1.58. The summed E-state index contributed by atoms with van der Waals surface area (Å²) in [5.41, 5.74) is 23.3. The summed E-state index contributed by atoms with van der Waals surface area (Å²) in [6, 6.07) is 104. The molecule has 8 heterocycles. The van der Waals surface area contributed by atoms with E-state index in [4.69, 9.17) is 23.2 Å². The molecule has 452 valence electrons. The van der Waals surface area contributed by atoms with Gasteiger partial charge < -0.3 is 22.7 Å². The van der Waals surface area contributed by atoms with Gasteiger partial charge in [-0.25, -0.2) is 19.9 Å². The van der Waals surface area contributed by atoms with Gasteiger partial charge in [0.2, 0.25) is 0 Å². The molecule has 0 N–H and O–H groups in total. The van der Waals surface area contributed by atoms with Crippen LogP contribution in [0.2, 0.25) is 0 Å². The third-order valence-electron chi connectivity index (χ3n) is 19.7. The van der Waals surface area contributed by atoms with Crippen LogP contribution in [0.5, 0.6) is 0 Å². The molecule has 8 aromatic heterocycles. The molecule has 0 bridgehead atoms. The van der Waals surface area contributed by atoms with Crippen LogP contribution in [0, 0.1) is 0 Å². The summed E-state index contributed by atoms with van der Waals surface area (Å²) in [6.07, 6.45) is 3.27. The Hall–Kier alpha value is -13.4. The van der Waals surface area contributed by atoms with Gasteiger partial charge in [-0.15, -0.1) is 0 Å². The second-order valence-corrected chi connectivity index (χ2v) is 24.9. The highest BCUT2D eigenvalue weighted by Gasteiger charge is 2.25. The lowest BCUT2D eigenvalue weighted by atomic mass is 10.0. The predicted molar refractivity (Wildman–Crippen MR) is 393 cm³/mol. The topological polar surface area (TPSA) is 109 Å². The molecular formula is C86H50N8O3. The molecule has 21 aromatic rings. The molecule has 13 aromatic carbocycles. The number of rotatable bonds is 9. The zero-order valence-corrected chi connectivity index (χ0v) is 51.7. The molecule has 0 unspecified atom stereocenters. The highest BCUT2D eigenvalue weighted by Crippen LogP contribution is 2.46. The van der Waals surface area contributed by atoms with Crippen molar-refractivity contribution in [2.45, 2.75) is 0 Å². The Kier molecular flexibility index (Phi) is 11.3. The molecule has 0 amide bonds. The molecule has 11 nitrogen and oxygen atoms in total. The zero-order chi connectivity index (χ0) is 63.4. The summed E-state index contributed by atoms with van der Waals surface area (Å²) in [4.78, 5) is 21.4. The predicted octanol–water partition coefficient (Wildman–Crippen LogP) is 22.7. The quantitative estimate of drug-likeness (QED) is 0.141. The Balaban J connectivity index is 0.615. The Morgan fingerprint density at radius 1 is 0.247 bits per heavy atom. The second kappa shape index (κ2) is 20.6. The highest BCUT2D eigenvalue weighted by molar-refractivity contribution is 6.16. The van der Waals surface area contributed by atoms with Crippen LogP contribution < -0.4 is 4.90 Å². The van der Waals surface area contributed by atoms with Gasteiger partial charge >= 0.3 is 0 Å². The number of hydrogen-bond acceptors (Lipinski definition) is 8. The Morgan fingerprint density at radius 3 is 1.25 bits per heavy atom.